The van der Waals surface area contributed by atoms with Crippen LogP contribution in [-0.2, 0) is 17.1 Å². The number of hydrogen-bond acceptors (Lipinski definition) is 5. The molecule has 1 N–H and O–H groups in total. The van der Waals surface area contributed by atoms with Gasteiger partial charge in [-0.15, -0.1) is 0 Å². The molecule has 0 bridgehead atoms. The molecule has 0 fully saturated rings. The maximum atomic E-state index is 12.5. The second-order valence-corrected chi connectivity index (χ2v) is 8.22. The summed E-state index contributed by atoms with van der Waals surface area (Å²) >= 11 is 0. The molecule has 9 heteroatoms. The van der Waals surface area contributed by atoms with Crippen LogP contribution in [0, 0.1) is 6.92 Å². The number of amides is 1. The summed E-state index contributed by atoms with van der Waals surface area (Å²) < 4.78 is 26.9. The molecule has 0 aliphatic heterocycles. The lowest BCUT2D eigenvalue weighted by atomic mass is 10.2. The summed E-state index contributed by atoms with van der Waals surface area (Å²) in [6.45, 7) is 1.86. The Balaban J connectivity index is 1.83. The molecule has 8 nitrogen and oxygen atoms in total. The molecule has 26 heavy (non-hydrogen) atoms. The fraction of sp³-hybridized carbons (Fsp3) is 0.235. The van der Waals surface area contributed by atoms with E-state index in [1.807, 2.05) is 6.92 Å². The molecule has 1 amide bonds. The van der Waals surface area contributed by atoms with E-state index < -0.39 is 10.0 Å². The molecule has 0 aliphatic rings. The monoisotopic (exact) mass is 373 g/mol. The van der Waals surface area contributed by atoms with Crippen molar-refractivity contribution in [2.75, 3.05) is 19.4 Å². The Morgan fingerprint density at radius 1 is 1.19 bits per heavy atom. The van der Waals surface area contributed by atoms with Crippen LogP contribution < -0.4 is 5.32 Å². The first-order valence-electron chi connectivity index (χ1n) is 7.83. The van der Waals surface area contributed by atoms with Gasteiger partial charge in [0.05, 0.1) is 16.2 Å². The van der Waals surface area contributed by atoms with Crippen LogP contribution in [0.2, 0.25) is 0 Å². The zero-order chi connectivity index (χ0) is 19.1. The zero-order valence-corrected chi connectivity index (χ0v) is 15.7. The Bertz CT molecular complexity index is 1090. The van der Waals surface area contributed by atoms with Gasteiger partial charge in [-0.1, -0.05) is 0 Å². The maximum absolute atomic E-state index is 12.5. The van der Waals surface area contributed by atoms with Crippen LogP contribution in [0.1, 0.15) is 16.1 Å². The Labute approximate surface area is 151 Å². The second kappa shape index (κ2) is 6.50. The highest BCUT2D eigenvalue weighted by Crippen LogP contribution is 2.19. The van der Waals surface area contributed by atoms with Gasteiger partial charge in [-0.3, -0.25) is 9.48 Å². The molecular formula is C17H19N5O3S. The lowest BCUT2D eigenvalue weighted by Gasteiger charge is -2.12. The molecule has 0 spiro atoms. The minimum absolute atomic E-state index is 0.162. The van der Waals surface area contributed by atoms with Gasteiger partial charge in [-0.25, -0.2) is 17.7 Å². The third kappa shape index (κ3) is 3.18. The van der Waals surface area contributed by atoms with Crippen LogP contribution in [-0.4, -0.2) is 47.5 Å². The van der Waals surface area contributed by atoms with Gasteiger partial charge in [-0.05, 0) is 37.3 Å². The van der Waals surface area contributed by atoms with Gasteiger partial charge >= 0.3 is 0 Å². The molecule has 0 saturated carbocycles. The first kappa shape index (κ1) is 18.0. The molecule has 0 unspecified atom stereocenters. The first-order valence-corrected chi connectivity index (χ1v) is 9.27. The quantitative estimate of drug-likeness (QED) is 0.752. The van der Waals surface area contributed by atoms with Crippen LogP contribution in [0.25, 0.3) is 11.0 Å². The highest BCUT2D eigenvalue weighted by atomic mass is 32.2. The number of sulfonamides is 1. The third-order valence-electron chi connectivity index (χ3n) is 4.02. The molecule has 3 aromatic rings. The summed E-state index contributed by atoms with van der Waals surface area (Å²) in [6, 6.07) is 7.76. The molecule has 0 atom stereocenters. The van der Waals surface area contributed by atoms with E-state index in [2.05, 4.69) is 15.4 Å². The van der Waals surface area contributed by atoms with Crippen molar-refractivity contribution in [2.45, 2.75) is 11.8 Å². The number of benzene rings is 1. The molecule has 2 aromatic heterocycles. The smallest absolute Gasteiger partial charge is 0.257 e. The number of nitrogens with zero attached hydrogens (tertiary/aromatic N) is 4. The number of aromatic nitrogens is 3. The summed E-state index contributed by atoms with van der Waals surface area (Å²) in [5.74, 6) is -0.328. The molecule has 136 valence electrons. The second-order valence-electron chi connectivity index (χ2n) is 6.07. The number of anilines is 1. The topological polar surface area (TPSA) is 97.2 Å². The van der Waals surface area contributed by atoms with Crippen molar-refractivity contribution in [3.05, 3.63) is 47.8 Å². The molecular weight excluding hydrogens is 354 g/mol. The fourth-order valence-corrected chi connectivity index (χ4v) is 3.46. The van der Waals surface area contributed by atoms with Crippen molar-refractivity contribution < 1.29 is 13.2 Å². The predicted molar refractivity (Wildman–Crippen MR) is 98.5 cm³/mol. The highest BCUT2D eigenvalue weighted by Gasteiger charge is 2.17. The standard InChI is InChI=1S/C17H19N5O3S/c1-11-15-9-12(10-18-16(15)22(4)20-11)17(23)19-13-5-7-14(8-6-13)26(24,25)21(2)3/h5-10H,1-4H3,(H,19,23). The number of hydrogen-bond donors (Lipinski definition) is 1. The number of fused-ring (bicyclic) bond motifs is 1. The Hall–Kier alpha value is -2.78. The number of carbonyl (C=O) groups is 1. The molecule has 0 aliphatic carbocycles. The molecule has 3 rings (SSSR count). The van der Waals surface area contributed by atoms with Crippen LogP contribution in [0.5, 0.6) is 0 Å². The minimum atomic E-state index is -3.50. The van der Waals surface area contributed by atoms with E-state index in [4.69, 9.17) is 0 Å². The predicted octanol–water partition coefficient (Wildman–Crippen LogP) is 1.78. The zero-order valence-electron chi connectivity index (χ0n) is 14.9. The van der Waals surface area contributed by atoms with Gasteiger partial charge in [0.1, 0.15) is 0 Å². The summed E-state index contributed by atoms with van der Waals surface area (Å²) in [7, 11) is 1.23. The summed E-state index contributed by atoms with van der Waals surface area (Å²) in [5.41, 5.74) is 2.40. The summed E-state index contributed by atoms with van der Waals surface area (Å²) in [6.07, 6.45) is 1.49. The van der Waals surface area contributed by atoms with E-state index in [1.165, 1.54) is 32.4 Å². The van der Waals surface area contributed by atoms with Gasteiger partial charge in [0.25, 0.3) is 5.91 Å². The van der Waals surface area contributed by atoms with Crippen LogP contribution in [0.15, 0.2) is 41.4 Å². The average molecular weight is 373 g/mol. The molecule has 0 radical (unpaired) electrons. The normalized spacial score (nSPS) is 11.9. The first-order chi connectivity index (χ1) is 12.2. The van der Waals surface area contributed by atoms with E-state index >= 15 is 0 Å². The summed E-state index contributed by atoms with van der Waals surface area (Å²) in [5, 5.41) is 7.84. The van der Waals surface area contributed by atoms with Crippen molar-refractivity contribution in [1.29, 1.82) is 0 Å². The van der Waals surface area contributed by atoms with Crippen molar-refractivity contribution >= 4 is 32.7 Å². The SMILES string of the molecule is Cc1nn(C)c2ncc(C(=O)Nc3ccc(S(=O)(=O)N(C)C)cc3)cc12. The summed E-state index contributed by atoms with van der Waals surface area (Å²) in [4.78, 5) is 16.9. The minimum Gasteiger partial charge on any atom is -0.322 e. The lowest BCUT2D eigenvalue weighted by molar-refractivity contribution is 0.102. The van der Waals surface area contributed by atoms with Crippen LogP contribution >= 0.6 is 0 Å². The fourth-order valence-electron chi connectivity index (χ4n) is 2.56. The number of carbonyl (C=O) groups excluding carboxylic acids is 1. The molecule has 2 heterocycles. The van der Waals surface area contributed by atoms with Gasteiger partial charge in [-0.2, -0.15) is 5.10 Å². The average Bonchev–Trinajstić information content (AvgIpc) is 2.89. The van der Waals surface area contributed by atoms with E-state index in [-0.39, 0.29) is 10.8 Å². The van der Waals surface area contributed by atoms with E-state index in [0.29, 0.717) is 16.9 Å². The van der Waals surface area contributed by atoms with E-state index in [0.717, 1.165) is 15.4 Å². The van der Waals surface area contributed by atoms with Gasteiger partial charge < -0.3 is 5.32 Å². The molecule has 1 aromatic carbocycles. The number of rotatable bonds is 4. The highest BCUT2D eigenvalue weighted by molar-refractivity contribution is 7.89. The van der Waals surface area contributed by atoms with E-state index in [1.54, 1.807) is 29.9 Å². The van der Waals surface area contributed by atoms with Gasteiger partial charge in [0, 0.05) is 38.4 Å². The van der Waals surface area contributed by atoms with Crippen molar-refractivity contribution in [2.24, 2.45) is 7.05 Å². The van der Waals surface area contributed by atoms with Gasteiger partial charge in [0.2, 0.25) is 10.0 Å². The third-order valence-corrected chi connectivity index (χ3v) is 5.85. The Morgan fingerprint density at radius 2 is 1.85 bits per heavy atom. The number of aryl methyl sites for hydroxylation is 2. The van der Waals surface area contributed by atoms with Crippen molar-refractivity contribution in [1.82, 2.24) is 19.1 Å². The largest absolute Gasteiger partial charge is 0.322 e. The maximum Gasteiger partial charge on any atom is 0.257 e. The van der Waals surface area contributed by atoms with Crippen molar-refractivity contribution in [3.8, 4) is 0 Å². The van der Waals surface area contributed by atoms with Crippen LogP contribution in [0.4, 0.5) is 5.69 Å². The Kier molecular flexibility index (Phi) is 4.51. The van der Waals surface area contributed by atoms with Crippen LogP contribution in [0.3, 0.4) is 0 Å². The lowest BCUT2D eigenvalue weighted by Crippen LogP contribution is -2.22. The Morgan fingerprint density at radius 3 is 2.46 bits per heavy atom. The molecule has 0 saturated heterocycles. The number of nitrogens with one attached hydrogen (secondary N) is 1. The van der Waals surface area contributed by atoms with E-state index in [9.17, 15) is 13.2 Å². The van der Waals surface area contributed by atoms with Gasteiger partial charge in [0.15, 0.2) is 5.65 Å². The number of pyridine rings is 1. The van der Waals surface area contributed by atoms with Crippen molar-refractivity contribution in [3.63, 3.8) is 0 Å².